The predicted octanol–water partition coefficient (Wildman–Crippen LogP) is 4.31. The molecule has 0 aliphatic rings. The van der Waals surface area contributed by atoms with Crippen LogP contribution in [0, 0.1) is 0 Å². The smallest absolute Gasteiger partial charge is 0.307 e. The third kappa shape index (κ3) is 5.73. The number of hydrogen-bond donors (Lipinski definition) is 1. The number of carbonyl (C=O) groups excluding carboxylic acids is 2. The van der Waals surface area contributed by atoms with E-state index in [1.165, 1.54) is 6.07 Å². The first-order valence-corrected chi connectivity index (χ1v) is 12.3. The summed E-state index contributed by atoms with van der Waals surface area (Å²) in [7, 11) is -3.65. The van der Waals surface area contributed by atoms with Gasteiger partial charge in [0.2, 0.25) is 0 Å². The maximum absolute atomic E-state index is 12.6. The van der Waals surface area contributed by atoms with Crippen molar-refractivity contribution in [2.75, 3.05) is 17.7 Å². The lowest BCUT2D eigenvalue weighted by Crippen LogP contribution is -2.23. The van der Waals surface area contributed by atoms with Gasteiger partial charge in [-0.3, -0.25) is 9.59 Å². The lowest BCUT2D eigenvalue weighted by atomic mass is 10.0. The topological polar surface area (TPSA) is 89.5 Å². The van der Waals surface area contributed by atoms with E-state index in [0.717, 1.165) is 40.4 Å². The van der Waals surface area contributed by atoms with Crippen molar-refractivity contribution in [3.8, 4) is 0 Å². The molecule has 0 radical (unpaired) electrons. The molecule has 0 spiro atoms. The normalized spacial score (nSPS) is 11.3. The summed E-state index contributed by atoms with van der Waals surface area (Å²) in [6.07, 6.45) is 1.19. The molecule has 168 valence electrons. The average molecular weight is 454 g/mol. The van der Waals surface area contributed by atoms with Gasteiger partial charge in [0, 0.05) is 5.69 Å². The highest BCUT2D eigenvalue weighted by Gasteiger charge is 2.18. The minimum atomic E-state index is -3.65. The second kappa shape index (κ2) is 10.4. The number of anilines is 1. The van der Waals surface area contributed by atoms with Crippen LogP contribution in [-0.2, 0) is 37.0 Å². The second-order valence-corrected chi connectivity index (χ2v) is 9.55. The van der Waals surface area contributed by atoms with E-state index in [0.29, 0.717) is 0 Å². The van der Waals surface area contributed by atoms with E-state index in [-0.39, 0.29) is 17.1 Å². The Bertz CT molecular complexity index is 1210. The molecule has 0 heterocycles. The lowest BCUT2D eigenvalue weighted by molar-refractivity contribution is -0.146. The number of aryl methyl sites for hydroxylation is 2. The Morgan fingerprint density at radius 1 is 0.875 bits per heavy atom. The highest BCUT2D eigenvalue weighted by atomic mass is 32.2. The monoisotopic (exact) mass is 453 g/mol. The van der Waals surface area contributed by atoms with Crippen LogP contribution in [0.25, 0.3) is 10.8 Å². The van der Waals surface area contributed by atoms with E-state index in [4.69, 9.17) is 4.74 Å². The Labute approximate surface area is 188 Å². The molecule has 3 rings (SSSR count). The van der Waals surface area contributed by atoms with Gasteiger partial charge in [-0.15, -0.1) is 0 Å². The van der Waals surface area contributed by atoms with Crippen LogP contribution >= 0.6 is 0 Å². The van der Waals surface area contributed by atoms with Gasteiger partial charge in [0.1, 0.15) is 0 Å². The van der Waals surface area contributed by atoms with Gasteiger partial charge < -0.3 is 10.1 Å². The number of hydrogen-bond acceptors (Lipinski definition) is 5. The minimum Gasteiger partial charge on any atom is -0.456 e. The third-order valence-corrected chi connectivity index (χ3v) is 7.00. The molecule has 0 saturated carbocycles. The van der Waals surface area contributed by atoms with E-state index in [2.05, 4.69) is 5.32 Å². The summed E-state index contributed by atoms with van der Waals surface area (Å²) in [6.45, 7) is 3.54. The first-order chi connectivity index (χ1) is 15.3. The first-order valence-electron chi connectivity index (χ1n) is 10.6. The number of ether oxygens (including phenoxy) is 1. The molecule has 3 aromatic rings. The molecule has 3 aromatic carbocycles. The van der Waals surface area contributed by atoms with Gasteiger partial charge in [-0.25, -0.2) is 8.42 Å². The lowest BCUT2D eigenvalue weighted by Gasteiger charge is -2.14. The van der Waals surface area contributed by atoms with E-state index in [9.17, 15) is 18.0 Å². The fraction of sp³-hybridized carbons (Fsp3) is 0.280. The molecule has 1 amide bonds. The Kier molecular flexibility index (Phi) is 7.64. The Balaban J connectivity index is 1.55. The molecule has 0 atom stereocenters. The number of benzene rings is 3. The zero-order valence-electron chi connectivity index (χ0n) is 18.3. The largest absolute Gasteiger partial charge is 0.456 e. The highest BCUT2D eigenvalue weighted by molar-refractivity contribution is 7.91. The van der Waals surface area contributed by atoms with Crippen molar-refractivity contribution in [1.82, 2.24) is 0 Å². The number of fused-ring (bicyclic) bond motifs is 1. The van der Waals surface area contributed by atoms with Gasteiger partial charge in [-0.05, 0) is 46.9 Å². The van der Waals surface area contributed by atoms with E-state index >= 15 is 0 Å². The summed E-state index contributed by atoms with van der Waals surface area (Å²) in [5, 5.41) is 4.57. The number of rotatable bonds is 9. The zero-order valence-corrected chi connectivity index (χ0v) is 19.1. The number of nitrogens with one attached hydrogen (secondary N) is 1. The van der Waals surface area contributed by atoms with Gasteiger partial charge in [0.15, 0.2) is 16.4 Å². The van der Waals surface area contributed by atoms with E-state index < -0.39 is 28.3 Å². The van der Waals surface area contributed by atoms with Gasteiger partial charge in [0.25, 0.3) is 5.91 Å². The molecule has 0 fully saturated rings. The van der Waals surface area contributed by atoms with Crippen LogP contribution in [0.4, 0.5) is 5.69 Å². The zero-order chi connectivity index (χ0) is 23.1. The van der Waals surface area contributed by atoms with Crippen molar-refractivity contribution in [1.29, 1.82) is 0 Å². The number of esters is 1. The van der Waals surface area contributed by atoms with Crippen LogP contribution < -0.4 is 5.32 Å². The van der Waals surface area contributed by atoms with Crippen LogP contribution in [0.5, 0.6) is 0 Å². The van der Waals surface area contributed by atoms with Crippen LogP contribution in [-0.4, -0.2) is 32.7 Å². The number of carbonyl (C=O) groups is 2. The molecule has 0 aromatic heterocycles. The van der Waals surface area contributed by atoms with Crippen molar-refractivity contribution in [2.24, 2.45) is 0 Å². The fourth-order valence-electron chi connectivity index (χ4n) is 3.49. The van der Waals surface area contributed by atoms with Crippen molar-refractivity contribution in [3.63, 3.8) is 0 Å². The number of para-hydroxylation sites is 1. The van der Waals surface area contributed by atoms with Crippen LogP contribution in [0.1, 0.15) is 31.4 Å². The molecular weight excluding hydrogens is 426 g/mol. The Hall–Kier alpha value is -3.19. The van der Waals surface area contributed by atoms with Crippen molar-refractivity contribution in [3.05, 3.63) is 71.8 Å². The van der Waals surface area contributed by atoms with Crippen LogP contribution in [0.2, 0.25) is 0 Å². The third-order valence-electron chi connectivity index (χ3n) is 5.28. The summed E-state index contributed by atoms with van der Waals surface area (Å²) in [4.78, 5) is 24.5. The molecule has 0 unspecified atom stereocenters. The summed E-state index contributed by atoms with van der Waals surface area (Å²) >= 11 is 0. The number of amides is 1. The summed E-state index contributed by atoms with van der Waals surface area (Å²) in [6, 6.07) is 18.2. The molecule has 0 aliphatic carbocycles. The van der Waals surface area contributed by atoms with Crippen molar-refractivity contribution >= 4 is 38.2 Å². The van der Waals surface area contributed by atoms with Crippen LogP contribution in [0.3, 0.4) is 0 Å². The summed E-state index contributed by atoms with van der Waals surface area (Å²) < 4.78 is 30.2. The average Bonchev–Trinajstić information content (AvgIpc) is 2.81. The molecule has 6 nitrogen and oxygen atoms in total. The Morgan fingerprint density at radius 2 is 1.53 bits per heavy atom. The standard InChI is InChI=1S/C25H27NO5S/c1-3-18-10-7-11-19(4-2)25(18)26-23(27)17-31-24(28)14-15-32(29,30)22-13-12-20-8-5-6-9-21(20)16-22/h5-13,16H,3-4,14-15,17H2,1-2H3,(H,26,27). The van der Waals surface area contributed by atoms with Crippen LogP contribution in [0.15, 0.2) is 65.6 Å². The maximum Gasteiger partial charge on any atom is 0.307 e. The predicted molar refractivity (Wildman–Crippen MR) is 125 cm³/mol. The molecule has 0 aliphatic heterocycles. The summed E-state index contributed by atoms with van der Waals surface area (Å²) in [5.74, 6) is -1.57. The number of sulfone groups is 1. The molecular formula is C25H27NO5S. The Morgan fingerprint density at radius 3 is 2.19 bits per heavy atom. The maximum atomic E-state index is 12.6. The quantitative estimate of drug-likeness (QED) is 0.488. The second-order valence-electron chi connectivity index (χ2n) is 7.45. The van der Waals surface area contributed by atoms with Gasteiger partial charge in [-0.2, -0.15) is 0 Å². The molecule has 0 saturated heterocycles. The van der Waals surface area contributed by atoms with Gasteiger partial charge >= 0.3 is 5.97 Å². The van der Waals surface area contributed by atoms with Gasteiger partial charge in [0.05, 0.1) is 17.1 Å². The van der Waals surface area contributed by atoms with Crippen molar-refractivity contribution in [2.45, 2.75) is 38.0 Å². The minimum absolute atomic E-state index is 0.157. The molecule has 32 heavy (non-hydrogen) atoms. The highest BCUT2D eigenvalue weighted by Crippen LogP contribution is 2.23. The van der Waals surface area contributed by atoms with Crippen molar-refractivity contribution < 1.29 is 22.7 Å². The van der Waals surface area contributed by atoms with E-state index in [1.54, 1.807) is 12.1 Å². The summed E-state index contributed by atoms with van der Waals surface area (Å²) in [5.41, 5.74) is 2.76. The molecule has 7 heteroatoms. The fourth-order valence-corrected chi connectivity index (χ4v) is 4.75. The SMILES string of the molecule is CCc1cccc(CC)c1NC(=O)COC(=O)CCS(=O)(=O)c1ccc2ccccc2c1. The van der Waals surface area contributed by atoms with Gasteiger partial charge in [-0.1, -0.05) is 62.4 Å². The molecule has 0 bridgehead atoms. The van der Waals surface area contributed by atoms with E-state index in [1.807, 2.05) is 56.3 Å². The first kappa shape index (κ1) is 23.5. The molecule has 1 N–H and O–H groups in total.